The number of nitrogens with zero attached hydrogens (tertiary/aromatic N) is 3. The minimum Gasteiger partial charge on any atom is -0.381 e. The lowest BCUT2D eigenvalue weighted by Crippen LogP contribution is -2.43. The maximum Gasteiger partial charge on any atom is 0.253 e. The van der Waals surface area contributed by atoms with Crippen LogP contribution in [0.5, 0.6) is 0 Å². The number of aromatic nitrogens is 1. The monoisotopic (exact) mass is 625 g/mol. The van der Waals surface area contributed by atoms with Gasteiger partial charge in [-0.1, -0.05) is 24.3 Å². The molecule has 2 saturated heterocycles. The summed E-state index contributed by atoms with van der Waals surface area (Å²) in [6, 6.07) is 13.5. The highest BCUT2D eigenvalue weighted by molar-refractivity contribution is 5.99. The molecule has 8 heteroatoms. The van der Waals surface area contributed by atoms with E-state index in [1.165, 1.54) is 11.1 Å². The third kappa shape index (κ3) is 7.09. The fraction of sp³-hybridized carbons (Fsp3) is 0.526. The number of hydrogen-bond donors (Lipinski definition) is 2. The predicted octanol–water partition coefficient (Wildman–Crippen LogP) is 5.22. The van der Waals surface area contributed by atoms with Crippen molar-refractivity contribution in [2.75, 3.05) is 57.9 Å². The number of anilines is 1. The summed E-state index contributed by atoms with van der Waals surface area (Å²) < 4.78 is 5.69. The van der Waals surface area contributed by atoms with Crippen molar-refractivity contribution in [2.24, 2.45) is 0 Å². The molecule has 0 atom stereocenters. The molecule has 3 aliphatic rings. The van der Waals surface area contributed by atoms with E-state index in [1.807, 2.05) is 13.0 Å². The molecule has 1 aliphatic carbocycles. The number of pyridine rings is 1. The SMILES string of the molecule is CCN(c1cc(-c2ccc(CN3CCN(C)CC3)cc2)cc(C(=O)NCc2c3c(c(C)[nH]c2=O)CCCC3)c1C)C1CCOCC1. The van der Waals surface area contributed by atoms with Gasteiger partial charge in [-0.25, -0.2) is 0 Å². The van der Waals surface area contributed by atoms with Gasteiger partial charge in [-0.05, 0) is 112 Å². The van der Waals surface area contributed by atoms with E-state index in [4.69, 9.17) is 4.74 Å². The minimum atomic E-state index is -0.139. The standard InChI is InChI=1S/C38H51N5O3/c1-5-43(31-14-20-46-21-15-31)36-23-30(29-12-10-28(11-13-29)25-42-18-16-41(4)17-19-42)22-34(26(36)2)37(44)39-24-35-33-9-7-6-8-32(33)27(3)40-38(35)45/h10-13,22-23,31H,5-9,14-21,24-25H2,1-4H3,(H,39,44)(H,40,45). The number of piperazine rings is 1. The largest absolute Gasteiger partial charge is 0.381 e. The zero-order valence-corrected chi connectivity index (χ0v) is 28.2. The highest BCUT2D eigenvalue weighted by atomic mass is 16.5. The quantitative estimate of drug-likeness (QED) is 0.340. The number of hydrogen-bond acceptors (Lipinski definition) is 6. The number of H-pyrrole nitrogens is 1. The van der Waals surface area contributed by atoms with Crippen molar-refractivity contribution in [1.82, 2.24) is 20.1 Å². The molecular weight excluding hydrogens is 574 g/mol. The number of nitrogens with one attached hydrogen (secondary N) is 2. The third-order valence-electron chi connectivity index (χ3n) is 10.5. The second kappa shape index (κ2) is 14.5. The van der Waals surface area contributed by atoms with Crippen molar-refractivity contribution in [3.8, 4) is 11.1 Å². The van der Waals surface area contributed by atoms with E-state index in [-0.39, 0.29) is 18.0 Å². The fourth-order valence-corrected chi connectivity index (χ4v) is 7.65. The van der Waals surface area contributed by atoms with E-state index in [9.17, 15) is 9.59 Å². The van der Waals surface area contributed by atoms with Gasteiger partial charge in [0.2, 0.25) is 0 Å². The van der Waals surface area contributed by atoms with E-state index in [0.29, 0.717) is 17.2 Å². The van der Waals surface area contributed by atoms with Gasteiger partial charge in [0, 0.05) is 87.6 Å². The molecule has 3 heterocycles. The zero-order valence-electron chi connectivity index (χ0n) is 28.2. The van der Waals surface area contributed by atoms with Crippen molar-refractivity contribution in [3.63, 3.8) is 0 Å². The van der Waals surface area contributed by atoms with Crippen molar-refractivity contribution in [3.05, 3.63) is 85.8 Å². The molecule has 46 heavy (non-hydrogen) atoms. The fourth-order valence-electron chi connectivity index (χ4n) is 7.65. The summed E-state index contributed by atoms with van der Waals surface area (Å²) in [5.41, 5.74) is 10.1. The average molecular weight is 626 g/mol. The maximum atomic E-state index is 14.0. The lowest BCUT2D eigenvalue weighted by Gasteiger charge is -2.37. The van der Waals surface area contributed by atoms with Crippen molar-refractivity contribution in [2.45, 2.75) is 78.4 Å². The molecule has 0 bridgehead atoms. The normalized spacial score (nSPS) is 17.9. The van der Waals surface area contributed by atoms with Crippen LogP contribution in [0.2, 0.25) is 0 Å². The van der Waals surface area contributed by atoms with Crippen molar-refractivity contribution in [1.29, 1.82) is 0 Å². The second-order valence-electron chi connectivity index (χ2n) is 13.5. The molecule has 0 saturated carbocycles. The van der Waals surface area contributed by atoms with Crippen LogP contribution in [-0.2, 0) is 30.7 Å². The van der Waals surface area contributed by atoms with Crippen LogP contribution in [0.3, 0.4) is 0 Å². The van der Waals surface area contributed by atoms with Gasteiger partial charge in [-0.3, -0.25) is 14.5 Å². The first kappa shape index (κ1) is 32.5. The van der Waals surface area contributed by atoms with Gasteiger partial charge in [-0.15, -0.1) is 0 Å². The van der Waals surface area contributed by atoms with E-state index in [0.717, 1.165) is 125 Å². The molecule has 2 fully saturated rings. The van der Waals surface area contributed by atoms with Crippen LogP contribution in [0, 0.1) is 13.8 Å². The molecule has 2 aliphatic heterocycles. The molecule has 8 nitrogen and oxygen atoms in total. The molecular formula is C38H51N5O3. The molecule has 2 aromatic carbocycles. The zero-order chi connectivity index (χ0) is 32.2. The number of likely N-dealkylation sites (N-methyl/N-ethyl adjacent to an activating group) is 1. The van der Waals surface area contributed by atoms with Gasteiger partial charge < -0.3 is 24.8 Å². The molecule has 0 unspecified atom stereocenters. The van der Waals surface area contributed by atoms with Crippen LogP contribution in [0.25, 0.3) is 11.1 Å². The number of amides is 1. The Hall–Kier alpha value is -3.46. The Bertz CT molecular complexity index is 1580. The lowest BCUT2D eigenvalue weighted by molar-refractivity contribution is 0.0846. The van der Waals surface area contributed by atoms with Gasteiger partial charge in [0.05, 0.1) is 0 Å². The Labute approximate surface area is 274 Å². The summed E-state index contributed by atoms with van der Waals surface area (Å²) in [7, 11) is 2.19. The summed E-state index contributed by atoms with van der Waals surface area (Å²) in [4.78, 5) is 37.5. The van der Waals surface area contributed by atoms with Crippen LogP contribution in [0.1, 0.15) is 76.5 Å². The van der Waals surface area contributed by atoms with Gasteiger partial charge in [0.25, 0.3) is 11.5 Å². The number of aromatic amines is 1. The Kier molecular flexibility index (Phi) is 10.3. The number of aryl methyl sites for hydroxylation is 1. The van der Waals surface area contributed by atoms with E-state index >= 15 is 0 Å². The van der Waals surface area contributed by atoms with Crippen LogP contribution in [0.15, 0.2) is 41.2 Å². The van der Waals surface area contributed by atoms with Gasteiger partial charge >= 0.3 is 0 Å². The van der Waals surface area contributed by atoms with Crippen LogP contribution in [0.4, 0.5) is 5.69 Å². The highest BCUT2D eigenvalue weighted by Gasteiger charge is 2.26. The summed E-state index contributed by atoms with van der Waals surface area (Å²) in [5.74, 6) is -0.139. The number of carbonyl (C=O) groups is 1. The number of benzene rings is 2. The molecule has 2 N–H and O–H groups in total. The molecule has 0 radical (unpaired) electrons. The summed E-state index contributed by atoms with van der Waals surface area (Å²) in [6.45, 7) is 14.2. The summed E-state index contributed by atoms with van der Waals surface area (Å²) in [5, 5.41) is 3.16. The Balaban J connectivity index is 1.30. The van der Waals surface area contributed by atoms with Crippen LogP contribution < -0.4 is 15.8 Å². The van der Waals surface area contributed by atoms with E-state index in [1.54, 1.807) is 0 Å². The van der Waals surface area contributed by atoms with Gasteiger partial charge in [-0.2, -0.15) is 0 Å². The number of carbonyl (C=O) groups excluding carboxylic acids is 1. The lowest BCUT2D eigenvalue weighted by atomic mass is 9.88. The molecule has 1 amide bonds. The predicted molar refractivity (Wildman–Crippen MR) is 186 cm³/mol. The Morgan fingerprint density at radius 3 is 2.37 bits per heavy atom. The number of ether oxygens (including phenoxy) is 1. The average Bonchev–Trinajstić information content (AvgIpc) is 3.07. The van der Waals surface area contributed by atoms with Crippen LogP contribution >= 0.6 is 0 Å². The summed E-state index contributed by atoms with van der Waals surface area (Å²) in [6.07, 6.45) is 6.04. The Morgan fingerprint density at radius 1 is 0.978 bits per heavy atom. The minimum absolute atomic E-state index is 0.0852. The number of rotatable bonds is 9. The second-order valence-corrected chi connectivity index (χ2v) is 13.5. The Morgan fingerprint density at radius 2 is 1.67 bits per heavy atom. The highest BCUT2D eigenvalue weighted by Crippen LogP contribution is 2.34. The number of fused-ring (bicyclic) bond motifs is 1. The maximum absolute atomic E-state index is 14.0. The first-order chi connectivity index (χ1) is 22.3. The molecule has 6 rings (SSSR count). The van der Waals surface area contributed by atoms with Crippen molar-refractivity contribution >= 4 is 11.6 Å². The molecule has 246 valence electrons. The summed E-state index contributed by atoms with van der Waals surface area (Å²) >= 11 is 0. The molecule has 3 aromatic rings. The van der Waals surface area contributed by atoms with Crippen LogP contribution in [-0.4, -0.2) is 79.7 Å². The molecule has 0 spiro atoms. The molecule has 1 aromatic heterocycles. The first-order valence-corrected chi connectivity index (χ1v) is 17.3. The first-order valence-electron chi connectivity index (χ1n) is 17.3. The van der Waals surface area contributed by atoms with E-state index < -0.39 is 0 Å². The van der Waals surface area contributed by atoms with E-state index in [2.05, 4.69) is 76.2 Å². The van der Waals surface area contributed by atoms with Gasteiger partial charge in [0.15, 0.2) is 0 Å². The van der Waals surface area contributed by atoms with Gasteiger partial charge in [0.1, 0.15) is 0 Å². The topological polar surface area (TPSA) is 80.9 Å². The smallest absolute Gasteiger partial charge is 0.253 e. The van der Waals surface area contributed by atoms with Crippen molar-refractivity contribution < 1.29 is 9.53 Å². The third-order valence-corrected chi connectivity index (χ3v) is 10.5.